The van der Waals surface area contributed by atoms with Gasteiger partial charge in [0.15, 0.2) is 5.69 Å². The smallest absolute Gasteiger partial charge is 0.229 e. The summed E-state index contributed by atoms with van der Waals surface area (Å²) in [6.45, 7) is 3.52. The first-order valence-corrected chi connectivity index (χ1v) is 9.51. The van der Waals surface area contributed by atoms with Crippen LogP contribution in [0.3, 0.4) is 0 Å². The van der Waals surface area contributed by atoms with Crippen LogP contribution < -0.4 is 0 Å². The zero-order chi connectivity index (χ0) is 18.1. The number of nitrogens with zero attached hydrogens (tertiary/aromatic N) is 3. The van der Waals surface area contributed by atoms with Crippen molar-refractivity contribution in [3.05, 3.63) is 40.2 Å². The highest BCUT2D eigenvalue weighted by molar-refractivity contribution is 9.10. The van der Waals surface area contributed by atoms with Crippen LogP contribution in [0.4, 0.5) is 0 Å². The maximum Gasteiger partial charge on any atom is 0.229 e. The van der Waals surface area contributed by atoms with E-state index < -0.39 is 0 Å². The molecule has 1 aliphatic carbocycles. The number of hydrogen-bond acceptors (Lipinski definition) is 6. The van der Waals surface area contributed by atoms with Crippen LogP contribution in [0.5, 0.6) is 0 Å². The Bertz CT molecular complexity index is 880. The molecule has 1 aliphatic heterocycles. The molecule has 0 bridgehead atoms. The minimum absolute atomic E-state index is 0.0131. The molecule has 1 aromatic heterocycles. The number of hydrogen-bond donors (Lipinski definition) is 0. The average Bonchev–Trinajstić information content (AvgIpc) is 3.30. The Morgan fingerprint density at radius 1 is 1.15 bits per heavy atom. The third-order valence-corrected chi connectivity index (χ3v) is 5.22. The Kier molecular flexibility index (Phi) is 4.82. The van der Waals surface area contributed by atoms with Gasteiger partial charge in [-0.05, 0) is 50.2 Å². The third-order valence-electron chi connectivity index (χ3n) is 4.69. The fourth-order valence-corrected chi connectivity index (χ4v) is 3.55. The van der Waals surface area contributed by atoms with E-state index in [2.05, 4.69) is 30.8 Å². The van der Waals surface area contributed by atoms with E-state index >= 15 is 0 Å². The van der Waals surface area contributed by atoms with Crippen molar-refractivity contribution in [1.29, 1.82) is 0 Å². The van der Waals surface area contributed by atoms with Crippen molar-refractivity contribution >= 4 is 33.2 Å². The summed E-state index contributed by atoms with van der Waals surface area (Å²) in [6, 6.07) is 7.35. The van der Waals surface area contributed by atoms with Gasteiger partial charge in [0.25, 0.3) is 0 Å². The molecule has 1 aromatic carbocycles. The molecule has 6 nitrogen and oxygen atoms in total. The molecule has 0 N–H and O–H groups in total. The van der Waals surface area contributed by atoms with Crippen LogP contribution in [-0.4, -0.2) is 53.3 Å². The second-order valence-electron chi connectivity index (χ2n) is 6.51. The maximum absolute atomic E-state index is 12.7. The molecule has 0 spiro atoms. The summed E-state index contributed by atoms with van der Waals surface area (Å²) in [4.78, 5) is 36.0. The van der Waals surface area contributed by atoms with Gasteiger partial charge in [0.2, 0.25) is 23.2 Å². The van der Waals surface area contributed by atoms with Crippen molar-refractivity contribution in [1.82, 2.24) is 9.88 Å². The molecule has 134 valence electrons. The number of carbonyl (C=O) groups excluding carboxylic acids is 2. The van der Waals surface area contributed by atoms with Gasteiger partial charge in [-0.25, -0.2) is 4.98 Å². The summed E-state index contributed by atoms with van der Waals surface area (Å²) in [5.74, 6) is -0.211. The number of aliphatic imine (C=N–C) groups is 1. The first-order chi connectivity index (χ1) is 12.6. The molecule has 26 heavy (non-hydrogen) atoms. The summed E-state index contributed by atoms with van der Waals surface area (Å²) in [5.41, 5.74) is 1.09. The van der Waals surface area contributed by atoms with E-state index in [0.717, 1.165) is 29.7 Å². The molecule has 0 radical (unpaired) electrons. The van der Waals surface area contributed by atoms with E-state index in [4.69, 9.17) is 4.42 Å². The number of oxazole rings is 1. The van der Waals surface area contributed by atoms with Crippen LogP contribution in [0.2, 0.25) is 0 Å². The Balaban J connectivity index is 1.55. The van der Waals surface area contributed by atoms with Crippen LogP contribution in [0.15, 0.2) is 38.1 Å². The molecule has 2 heterocycles. The van der Waals surface area contributed by atoms with Gasteiger partial charge >= 0.3 is 0 Å². The zero-order valence-electron chi connectivity index (χ0n) is 14.2. The molecule has 1 saturated heterocycles. The number of benzene rings is 1. The van der Waals surface area contributed by atoms with Crippen LogP contribution in [-0.2, 0) is 0 Å². The number of ketones is 2. The number of fused-ring (bicyclic) bond motifs is 1. The Labute approximate surface area is 159 Å². The SMILES string of the molecule is O=C1C(=NCCN2CCCC2)CC(=O)c2oc(-c3ccc(Br)cc3)nc21. The van der Waals surface area contributed by atoms with Gasteiger partial charge in [0.05, 0.1) is 18.7 Å². The fourth-order valence-electron chi connectivity index (χ4n) is 3.29. The number of likely N-dealkylation sites (tertiary alicyclic amines) is 1. The summed E-state index contributed by atoms with van der Waals surface area (Å²) in [5, 5.41) is 0. The highest BCUT2D eigenvalue weighted by Gasteiger charge is 2.35. The van der Waals surface area contributed by atoms with Crippen molar-refractivity contribution in [3.8, 4) is 11.5 Å². The minimum atomic E-state index is -0.298. The van der Waals surface area contributed by atoms with E-state index in [1.807, 2.05) is 24.3 Å². The van der Waals surface area contributed by atoms with Crippen LogP contribution in [0.25, 0.3) is 11.5 Å². The molecule has 0 atom stereocenters. The van der Waals surface area contributed by atoms with Gasteiger partial charge in [-0.15, -0.1) is 0 Å². The van der Waals surface area contributed by atoms with Gasteiger partial charge in [-0.3, -0.25) is 14.6 Å². The van der Waals surface area contributed by atoms with Gasteiger partial charge < -0.3 is 9.32 Å². The normalized spacial score (nSPS) is 19.3. The van der Waals surface area contributed by atoms with Crippen molar-refractivity contribution in [2.75, 3.05) is 26.2 Å². The van der Waals surface area contributed by atoms with Crippen LogP contribution in [0, 0.1) is 0 Å². The molecule has 0 unspecified atom stereocenters. The molecule has 0 saturated carbocycles. The van der Waals surface area contributed by atoms with E-state index in [-0.39, 0.29) is 41.0 Å². The quantitative estimate of drug-likeness (QED) is 0.764. The predicted octanol–water partition coefficient (Wildman–Crippen LogP) is 3.41. The van der Waals surface area contributed by atoms with Crippen molar-refractivity contribution in [2.24, 2.45) is 4.99 Å². The number of rotatable bonds is 4. The minimum Gasteiger partial charge on any atom is -0.432 e. The highest BCUT2D eigenvalue weighted by Crippen LogP contribution is 2.27. The van der Waals surface area contributed by atoms with E-state index in [0.29, 0.717) is 6.54 Å². The molecule has 7 heteroatoms. The zero-order valence-corrected chi connectivity index (χ0v) is 15.8. The van der Waals surface area contributed by atoms with Gasteiger partial charge in [0.1, 0.15) is 0 Å². The first kappa shape index (κ1) is 17.3. The third kappa shape index (κ3) is 3.41. The lowest BCUT2D eigenvalue weighted by Crippen LogP contribution is -2.28. The van der Waals surface area contributed by atoms with Gasteiger partial charge in [-0.1, -0.05) is 15.9 Å². The predicted molar refractivity (Wildman–Crippen MR) is 101 cm³/mol. The topological polar surface area (TPSA) is 75.8 Å². The van der Waals surface area contributed by atoms with Gasteiger partial charge in [0, 0.05) is 16.6 Å². The lowest BCUT2D eigenvalue weighted by Gasteiger charge is -2.13. The lowest BCUT2D eigenvalue weighted by atomic mass is 9.97. The Morgan fingerprint density at radius 3 is 2.62 bits per heavy atom. The molecular weight excluding hydrogens is 398 g/mol. The van der Waals surface area contributed by atoms with E-state index in [1.54, 1.807) is 0 Å². The van der Waals surface area contributed by atoms with Crippen LogP contribution in [0.1, 0.15) is 40.3 Å². The number of halogens is 1. The average molecular weight is 416 g/mol. The maximum atomic E-state index is 12.7. The second kappa shape index (κ2) is 7.25. The summed E-state index contributed by atoms with van der Waals surface area (Å²) in [7, 11) is 0. The van der Waals surface area contributed by atoms with E-state index in [9.17, 15) is 9.59 Å². The largest absolute Gasteiger partial charge is 0.432 e. The van der Waals surface area contributed by atoms with Crippen molar-refractivity contribution < 1.29 is 14.0 Å². The summed E-state index contributed by atoms with van der Waals surface area (Å²) < 4.78 is 6.52. The molecule has 4 rings (SSSR count). The Morgan fingerprint density at radius 2 is 1.88 bits per heavy atom. The summed E-state index contributed by atoms with van der Waals surface area (Å²) >= 11 is 3.37. The number of carbonyl (C=O) groups is 2. The van der Waals surface area contributed by atoms with E-state index in [1.165, 1.54) is 12.8 Å². The summed E-state index contributed by atoms with van der Waals surface area (Å²) in [6.07, 6.45) is 2.42. The Hall–Kier alpha value is -2.12. The lowest BCUT2D eigenvalue weighted by molar-refractivity contribution is 0.0940. The number of Topliss-reactive ketones (excluding diaryl/α,β-unsaturated/α-hetero) is 2. The molecule has 2 aliphatic rings. The standard InChI is InChI=1S/C19H18BrN3O3/c20-13-5-3-12(4-6-13)19-22-16-17(25)14(11-15(24)18(16)26-19)21-7-10-23-8-1-2-9-23/h3-6H,1-2,7-11H2. The van der Waals surface area contributed by atoms with Crippen molar-refractivity contribution in [3.63, 3.8) is 0 Å². The second-order valence-corrected chi connectivity index (χ2v) is 7.43. The molecular formula is C19H18BrN3O3. The van der Waals surface area contributed by atoms with Crippen molar-refractivity contribution in [2.45, 2.75) is 19.3 Å². The first-order valence-electron chi connectivity index (χ1n) is 8.72. The molecule has 2 aromatic rings. The fraction of sp³-hybridized carbons (Fsp3) is 0.368. The monoisotopic (exact) mass is 415 g/mol. The molecule has 0 amide bonds. The number of aromatic nitrogens is 1. The van der Waals surface area contributed by atoms with Crippen LogP contribution >= 0.6 is 15.9 Å². The molecule has 1 fully saturated rings. The highest BCUT2D eigenvalue weighted by atomic mass is 79.9. The van der Waals surface area contributed by atoms with Gasteiger partial charge in [-0.2, -0.15) is 0 Å².